The lowest BCUT2D eigenvalue weighted by Crippen LogP contribution is -2.21. The molecular formula is C21H24N4O. The van der Waals surface area contributed by atoms with Crippen LogP contribution >= 0.6 is 0 Å². The average Bonchev–Trinajstić information content (AvgIpc) is 3.21. The zero-order valence-corrected chi connectivity index (χ0v) is 15.1. The molecule has 1 saturated heterocycles. The van der Waals surface area contributed by atoms with Gasteiger partial charge in [-0.15, -0.1) is 0 Å². The van der Waals surface area contributed by atoms with E-state index in [1.807, 2.05) is 30.3 Å². The number of hydrogen-bond donors (Lipinski definition) is 1. The van der Waals surface area contributed by atoms with Crippen LogP contribution in [0.25, 0.3) is 11.0 Å². The van der Waals surface area contributed by atoms with E-state index in [9.17, 15) is 0 Å². The third-order valence-corrected chi connectivity index (χ3v) is 4.82. The Morgan fingerprint density at radius 2 is 1.58 bits per heavy atom. The van der Waals surface area contributed by atoms with Crippen molar-refractivity contribution < 1.29 is 4.74 Å². The van der Waals surface area contributed by atoms with Crippen LogP contribution in [0.3, 0.4) is 0 Å². The number of fused-ring (bicyclic) bond motifs is 1. The Bertz CT molecular complexity index is 890. The highest BCUT2D eigenvalue weighted by Crippen LogP contribution is 2.28. The number of nitrogens with zero attached hydrogens (tertiary/aromatic N) is 3. The molecule has 0 amide bonds. The van der Waals surface area contributed by atoms with Crippen LogP contribution in [-0.2, 0) is 17.9 Å². The molecule has 1 aromatic heterocycles. The first kappa shape index (κ1) is 16.8. The molecule has 0 bridgehead atoms. The molecule has 1 fully saturated rings. The third-order valence-electron chi connectivity index (χ3n) is 4.82. The van der Waals surface area contributed by atoms with Crippen molar-refractivity contribution in [2.24, 2.45) is 0 Å². The van der Waals surface area contributed by atoms with Gasteiger partial charge in [-0.2, -0.15) is 0 Å². The minimum atomic E-state index is 0.611. The van der Waals surface area contributed by atoms with Crippen molar-refractivity contribution in [1.29, 1.82) is 0 Å². The van der Waals surface area contributed by atoms with Crippen molar-refractivity contribution in [3.63, 3.8) is 0 Å². The normalized spacial score (nSPS) is 14.1. The van der Waals surface area contributed by atoms with Crippen LogP contribution < -0.4 is 10.2 Å². The number of benzene rings is 2. The van der Waals surface area contributed by atoms with Crippen LogP contribution in [-0.4, -0.2) is 30.2 Å². The Hall–Kier alpha value is -2.66. The molecule has 3 aromatic rings. The van der Waals surface area contributed by atoms with Crippen molar-refractivity contribution in [2.75, 3.05) is 30.4 Å². The zero-order chi connectivity index (χ0) is 17.8. The summed E-state index contributed by atoms with van der Waals surface area (Å²) in [4.78, 5) is 12.1. The van der Waals surface area contributed by atoms with Gasteiger partial charge < -0.3 is 15.0 Å². The first-order chi connectivity index (χ1) is 12.8. The molecule has 134 valence electrons. The monoisotopic (exact) mass is 348 g/mol. The Kier molecular flexibility index (Phi) is 4.97. The fraction of sp³-hybridized carbons (Fsp3) is 0.333. The first-order valence-electron chi connectivity index (χ1n) is 9.16. The lowest BCUT2D eigenvalue weighted by atomic mass is 10.1. The Morgan fingerprint density at radius 3 is 2.31 bits per heavy atom. The van der Waals surface area contributed by atoms with Gasteiger partial charge in [0.05, 0.1) is 17.6 Å². The van der Waals surface area contributed by atoms with E-state index in [0.29, 0.717) is 13.2 Å². The second-order valence-corrected chi connectivity index (χ2v) is 6.63. The molecule has 0 unspecified atom stereocenters. The minimum Gasteiger partial charge on any atom is -0.380 e. The number of aromatic nitrogens is 2. The largest absolute Gasteiger partial charge is 0.380 e. The summed E-state index contributed by atoms with van der Waals surface area (Å²) in [6.45, 7) is 3.40. The first-order valence-corrected chi connectivity index (χ1v) is 9.16. The van der Waals surface area contributed by atoms with Gasteiger partial charge in [0.1, 0.15) is 0 Å². The van der Waals surface area contributed by atoms with E-state index < -0.39 is 0 Å². The molecule has 5 heteroatoms. The highest BCUT2D eigenvalue weighted by atomic mass is 16.5. The van der Waals surface area contributed by atoms with Gasteiger partial charge in [0, 0.05) is 26.7 Å². The van der Waals surface area contributed by atoms with Gasteiger partial charge in [0.2, 0.25) is 0 Å². The van der Waals surface area contributed by atoms with Gasteiger partial charge in [0.15, 0.2) is 11.6 Å². The lowest BCUT2D eigenvalue weighted by molar-refractivity contribution is 0.184. The van der Waals surface area contributed by atoms with Crippen LogP contribution in [0, 0.1) is 0 Å². The van der Waals surface area contributed by atoms with Crippen LogP contribution in [0.1, 0.15) is 24.0 Å². The second-order valence-electron chi connectivity index (χ2n) is 6.63. The highest BCUT2D eigenvalue weighted by molar-refractivity contribution is 5.80. The van der Waals surface area contributed by atoms with Gasteiger partial charge in [-0.05, 0) is 36.1 Å². The van der Waals surface area contributed by atoms with Crippen LogP contribution in [0.4, 0.5) is 11.6 Å². The summed E-state index contributed by atoms with van der Waals surface area (Å²) in [5.74, 6) is 1.82. The summed E-state index contributed by atoms with van der Waals surface area (Å²) in [7, 11) is 1.73. The quantitative estimate of drug-likeness (QED) is 0.730. The van der Waals surface area contributed by atoms with Gasteiger partial charge in [-0.25, -0.2) is 9.97 Å². The van der Waals surface area contributed by atoms with Gasteiger partial charge in [0.25, 0.3) is 0 Å². The zero-order valence-electron chi connectivity index (χ0n) is 15.1. The van der Waals surface area contributed by atoms with Crippen molar-refractivity contribution in [2.45, 2.75) is 26.0 Å². The van der Waals surface area contributed by atoms with Crippen molar-refractivity contribution in [3.8, 4) is 0 Å². The SMILES string of the molecule is COCc1ccccc1CNc1nc2ccccc2nc1N1CCCC1. The molecule has 2 heterocycles. The number of hydrogen-bond acceptors (Lipinski definition) is 5. The summed E-state index contributed by atoms with van der Waals surface area (Å²) < 4.78 is 5.32. The molecule has 0 spiro atoms. The number of rotatable bonds is 6. The predicted molar refractivity (Wildman–Crippen MR) is 105 cm³/mol. The fourth-order valence-electron chi connectivity index (χ4n) is 3.46. The van der Waals surface area contributed by atoms with E-state index in [0.717, 1.165) is 35.8 Å². The Morgan fingerprint density at radius 1 is 0.923 bits per heavy atom. The molecule has 0 aliphatic carbocycles. The highest BCUT2D eigenvalue weighted by Gasteiger charge is 2.19. The Balaban J connectivity index is 1.65. The number of anilines is 2. The van der Waals surface area contributed by atoms with E-state index in [2.05, 4.69) is 28.4 Å². The van der Waals surface area contributed by atoms with Crippen molar-refractivity contribution in [1.82, 2.24) is 9.97 Å². The maximum absolute atomic E-state index is 5.32. The van der Waals surface area contributed by atoms with E-state index in [1.54, 1.807) is 7.11 Å². The molecular weight excluding hydrogens is 324 g/mol. The topological polar surface area (TPSA) is 50.3 Å². The third kappa shape index (κ3) is 3.48. The van der Waals surface area contributed by atoms with Gasteiger partial charge in [-0.1, -0.05) is 36.4 Å². The number of ether oxygens (including phenoxy) is 1. The molecule has 0 atom stereocenters. The molecule has 1 N–H and O–H groups in total. The van der Waals surface area contributed by atoms with Crippen LogP contribution in [0.15, 0.2) is 48.5 Å². The summed E-state index contributed by atoms with van der Waals surface area (Å²) in [5.41, 5.74) is 4.28. The van der Waals surface area contributed by atoms with E-state index in [4.69, 9.17) is 14.7 Å². The van der Waals surface area contributed by atoms with E-state index >= 15 is 0 Å². The van der Waals surface area contributed by atoms with Crippen molar-refractivity contribution in [3.05, 3.63) is 59.7 Å². The Labute approximate surface area is 154 Å². The maximum Gasteiger partial charge on any atom is 0.172 e. The molecule has 0 radical (unpaired) electrons. The van der Waals surface area contributed by atoms with E-state index in [-0.39, 0.29) is 0 Å². The molecule has 2 aromatic carbocycles. The summed E-state index contributed by atoms with van der Waals surface area (Å²) >= 11 is 0. The summed E-state index contributed by atoms with van der Waals surface area (Å²) in [5, 5.41) is 3.53. The summed E-state index contributed by atoms with van der Waals surface area (Å²) in [6.07, 6.45) is 2.43. The molecule has 1 aliphatic rings. The molecule has 1 aliphatic heterocycles. The summed E-state index contributed by atoms with van der Waals surface area (Å²) in [6, 6.07) is 16.4. The maximum atomic E-state index is 5.32. The molecule has 26 heavy (non-hydrogen) atoms. The number of methoxy groups -OCH3 is 1. The fourth-order valence-corrected chi connectivity index (χ4v) is 3.46. The van der Waals surface area contributed by atoms with Gasteiger partial charge in [-0.3, -0.25) is 0 Å². The second kappa shape index (κ2) is 7.70. The average molecular weight is 348 g/mol. The number of para-hydroxylation sites is 2. The molecule has 5 nitrogen and oxygen atoms in total. The van der Waals surface area contributed by atoms with Gasteiger partial charge >= 0.3 is 0 Å². The smallest absolute Gasteiger partial charge is 0.172 e. The molecule has 4 rings (SSSR count). The standard InChI is InChI=1S/C21H24N4O/c1-26-15-17-9-3-2-8-16(17)14-22-20-21(25-12-6-7-13-25)24-19-11-5-4-10-18(19)23-20/h2-5,8-11H,6-7,12-15H2,1H3,(H,22,23). The predicted octanol–water partition coefficient (Wildman–Crippen LogP) is 3.99. The van der Waals surface area contributed by atoms with E-state index in [1.165, 1.54) is 24.0 Å². The minimum absolute atomic E-state index is 0.611. The number of nitrogens with one attached hydrogen (secondary N) is 1. The van der Waals surface area contributed by atoms with Crippen LogP contribution in [0.2, 0.25) is 0 Å². The molecule has 0 saturated carbocycles. The van der Waals surface area contributed by atoms with Crippen LogP contribution in [0.5, 0.6) is 0 Å². The lowest BCUT2D eigenvalue weighted by Gasteiger charge is -2.21. The van der Waals surface area contributed by atoms with Crippen molar-refractivity contribution >= 4 is 22.7 Å².